The normalized spacial score (nSPS) is 12.2. The molecule has 1 amide bonds. The van der Waals surface area contributed by atoms with Crippen LogP contribution in [-0.2, 0) is 11.2 Å². The number of benzene rings is 1. The van der Waals surface area contributed by atoms with Gasteiger partial charge in [-0.25, -0.2) is 8.78 Å². The Kier molecular flexibility index (Phi) is 5.55. The summed E-state index contributed by atoms with van der Waals surface area (Å²) in [6.07, 6.45) is 0.594. The van der Waals surface area contributed by atoms with Crippen molar-refractivity contribution in [2.75, 3.05) is 6.54 Å². The Morgan fingerprint density at radius 1 is 1.41 bits per heavy atom. The van der Waals surface area contributed by atoms with Crippen LogP contribution in [0, 0.1) is 11.6 Å². The van der Waals surface area contributed by atoms with Crippen LogP contribution in [0.1, 0.15) is 18.9 Å². The molecule has 1 atom stereocenters. The standard InChI is InChI=1S/C12H14BrF2NO/c1-2-8(13)7-16-12(17)6-9-10(14)4-3-5-11(9)15/h3-5,8H,2,6-7H2,1H3,(H,16,17). The van der Waals surface area contributed by atoms with Gasteiger partial charge in [0.15, 0.2) is 0 Å². The number of nitrogens with one attached hydrogen (secondary N) is 1. The fourth-order valence-electron chi connectivity index (χ4n) is 1.29. The summed E-state index contributed by atoms with van der Waals surface area (Å²) in [6.45, 7) is 2.42. The van der Waals surface area contributed by atoms with Gasteiger partial charge in [0.1, 0.15) is 11.6 Å². The van der Waals surface area contributed by atoms with Crippen LogP contribution in [-0.4, -0.2) is 17.3 Å². The largest absolute Gasteiger partial charge is 0.355 e. The zero-order valence-electron chi connectivity index (χ0n) is 9.47. The maximum Gasteiger partial charge on any atom is 0.224 e. The van der Waals surface area contributed by atoms with Crippen LogP contribution in [0.25, 0.3) is 0 Å². The first-order valence-electron chi connectivity index (χ1n) is 5.38. The number of hydrogen-bond donors (Lipinski definition) is 1. The molecule has 1 aromatic carbocycles. The molecule has 94 valence electrons. The summed E-state index contributed by atoms with van der Waals surface area (Å²) in [5, 5.41) is 2.62. The van der Waals surface area contributed by atoms with Crippen molar-refractivity contribution >= 4 is 21.8 Å². The second-order valence-electron chi connectivity index (χ2n) is 3.69. The van der Waals surface area contributed by atoms with E-state index < -0.39 is 11.6 Å². The van der Waals surface area contributed by atoms with Crippen LogP contribution in [0.3, 0.4) is 0 Å². The molecule has 0 saturated heterocycles. The van der Waals surface area contributed by atoms with E-state index in [2.05, 4.69) is 21.2 Å². The van der Waals surface area contributed by atoms with Gasteiger partial charge in [0.2, 0.25) is 5.91 Å². The van der Waals surface area contributed by atoms with Crippen molar-refractivity contribution in [2.24, 2.45) is 0 Å². The van der Waals surface area contributed by atoms with Crippen molar-refractivity contribution in [2.45, 2.75) is 24.6 Å². The summed E-state index contributed by atoms with van der Waals surface area (Å²) in [6, 6.07) is 3.56. The third kappa shape index (κ3) is 4.42. The molecular weight excluding hydrogens is 292 g/mol. The molecule has 0 saturated carbocycles. The Hall–Kier alpha value is -0.970. The smallest absolute Gasteiger partial charge is 0.224 e. The molecule has 1 rings (SSSR count). The van der Waals surface area contributed by atoms with Gasteiger partial charge in [-0.1, -0.05) is 28.9 Å². The summed E-state index contributed by atoms with van der Waals surface area (Å²) in [7, 11) is 0. The van der Waals surface area contributed by atoms with Crippen molar-refractivity contribution in [3.8, 4) is 0 Å². The summed E-state index contributed by atoms with van der Waals surface area (Å²) < 4.78 is 26.5. The minimum Gasteiger partial charge on any atom is -0.355 e. The van der Waals surface area contributed by atoms with E-state index in [1.807, 2.05) is 6.92 Å². The number of carbonyl (C=O) groups is 1. The van der Waals surface area contributed by atoms with Crippen LogP contribution in [0.5, 0.6) is 0 Å². The molecule has 0 aliphatic rings. The van der Waals surface area contributed by atoms with E-state index in [1.165, 1.54) is 6.07 Å². The molecule has 0 aromatic heterocycles. The van der Waals surface area contributed by atoms with Gasteiger partial charge in [0, 0.05) is 16.9 Å². The zero-order valence-corrected chi connectivity index (χ0v) is 11.1. The molecule has 0 heterocycles. The first-order valence-corrected chi connectivity index (χ1v) is 6.29. The number of hydrogen-bond acceptors (Lipinski definition) is 1. The highest BCUT2D eigenvalue weighted by Gasteiger charge is 2.13. The molecule has 0 bridgehead atoms. The van der Waals surface area contributed by atoms with E-state index in [1.54, 1.807) is 0 Å². The second-order valence-corrected chi connectivity index (χ2v) is 4.98. The molecular formula is C12H14BrF2NO. The van der Waals surface area contributed by atoms with Crippen molar-refractivity contribution in [3.63, 3.8) is 0 Å². The molecule has 1 N–H and O–H groups in total. The number of halogens is 3. The second kappa shape index (κ2) is 6.69. The van der Waals surface area contributed by atoms with Gasteiger partial charge in [-0.15, -0.1) is 0 Å². The van der Waals surface area contributed by atoms with Crippen LogP contribution in [0.2, 0.25) is 0 Å². The highest BCUT2D eigenvalue weighted by atomic mass is 79.9. The fraction of sp³-hybridized carbons (Fsp3) is 0.417. The molecule has 0 spiro atoms. The predicted octanol–water partition coefficient (Wildman–Crippen LogP) is 2.80. The first-order chi connectivity index (χ1) is 8.04. The van der Waals surface area contributed by atoms with Gasteiger partial charge < -0.3 is 5.32 Å². The third-order valence-electron chi connectivity index (χ3n) is 2.36. The Bertz CT molecular complexity index is 378. The average Bonchev–Trinajstić information content (AvgIpc) is 2.31. The highest BCUT2D eigenvalue weighted by Crippen LogP contribution is 2.12. The van der Waals surface area contributed by atoms with Crippen molar-refractivity contribution in [1.29, 1.82) is 0 Å². The summed E-state index contributed by atoms with van der Waals surface area (Å²) in [5.41, 5.74) is -0.187. The average molecular weight is 306 g/mol. The molecule has 2 nitrogen and oxygen atoms in total. The number of rotatable bonds is 5. The molecule has 0 fully saturated rings. The minimum atomic E-state index is -0.689. The lowest BCUT2D eigenvalue weighted by Gasteiger charge is -2.09. The van der Waals surface area contributed by atoms with Crippen molar-refractivity contribution in [1.82, 2.24) is 5.32 Å². The lowest BCUT2D eigenvalue weighted by molar-refractivity contribution is -0.120. The monoisotopic (exact) mass is 305 g/mol. The topological polar surface area (TPSA) is 29.1 Å². The SMILES string of the molecule is CCC(Br)CNC(=O)Cc1c(F)cccc1F. The van der Waals surface area contributed by atoms with E-state index in [0.717, 1.165) is 18.6 Å². The Morgan fingerprint density at radius 3 is 2.53 bits per heavy atom. The molecule has 5 heteroatoms. The van der Waals surface area contributed by atoms with Gasteiger partial charge >= 0.3 is 0 Å². The Labute approximate surface area is 108 Å². The summed E-state index contributed by atoms with van der Waals surface area (Å²) in [4.78, 5) is 11.6. The first kappa shape index (κ1) is 14.1. The quantitative estimate of drug-likeness (QED) is 0.833. The van der Waals surface area contributed by atoms with E-state index in [9.17, 15) is 13.6 Å². The molecule has 1 unspecified atom stereocenters. The number of amides is 1. The zero-order chi connectivity index (χ0) is 12.8. The van der Waals surface area contributed by atoms with Gasteiger partial charge in [-0.05, 0) is 18.6 Å². The number of carbonyl (C=O) groups excluding carboxylic acids is 1. The predicted molar refractivity (Wildman–Crippen MR) is 66.1 cm³/mol. The molecule has 0 radical (unpaired) electrons. The molecule has 0 aliphatic carbocycles. The third-order valence-corrected chi connectivity index (χ3v) is 3.33. The highest BCUT2D eigenvalue weighted by molar-refractivity contribution is 9.09. The minimum absolute atomic E-state index is 0.178. The fourth-order valence-corrected chi connectivity index (χ4v) is 1.46. The van der Waals surface area contributed by atoms with E-state index in [-0.39, 0.29) is 22.7 Å². The Morgan fingerprint density at radius 2 is 2.00 bits per heavy atom. The summed E-state index contributed by atoms with van der Waals surface area (Å²) >= 11 is 3.36. The molecule has 1 aromatic rings. The van der Waals surface area contributed by atoms with Crippen LogP contribution in [0.4, 0.5) is 8.78 Å². The number of alkyl halides is 1. The summed E-state index contributed by atoms with van der Waals surface area (Å²) in [5.74, 6) is -1.76. The van der Waals surface area contributed by atoms with E-state index in [0.29, 0.717) is 6.54 Å². The van der Waals surface area contributed by atoms with Gasteiger partial charge in [-0.2, -0.15) is 0 Å². The van der Waals surface area contributed by atoms with E-state index in [4.69, 9.17) is 0 Å². The lowest BCUT2D eigenvalue weighted by atomic mass is 10.1. The van der Waals surface area contributed by atoms with Crippen molar-refractivity contribution in [3.05, 3.63) is 35.4 Å². The van der Waals surface area contributed by atoms with Gasteiger partial charge in [0.25, 0.3) is 0 Å². The van der Waals surface area contributed by atoms with Gasteiger partial charge in [0.05, 0.1) is 6.42 Å². The van der Waals surface area contributed by atoms with Crippen molar-refractivity contribution < 1.29 is 13.6 Å². The Balaban J connectivity index is 2.56. The van der Waals surface area contributed by atoms with Gasteiger partial charge in [-0.3, -0.25) is 4.79 Å². The van der Waals surface area contributed by atoms with Crippen LogP contribution in [0.15, 0.2) is 18.2 Å². The molecule has 17 heavy (non-hydrogen) atoms. The molecule has 0 aliphatic heterocycles. The van der Waals surface area contributed by atoms with E-state index >= 15 is 0 Å². The maximum atomic E-state index is 13.2. The van der Waals surface area contributed by atoms with Crippen LogP contribution >= 0.6 is 15.9 Å². The maximum absolute atomic E-state index is 13.2. The lowest BCUT2D eigenvalue weighted by Crippen LogP contribution is -2.31. The van der Waals surface area contributed by atoms with Crippen LogP contribution < -0.4 is 5.32 Å².